The van der Waals surface area contributed by atoms with E-state index in [4.69, 9.17) is 0 Å². The van der Waals surface area contributed by atoms with Crippen molar-refractivity contribution in [3.8, 4) is 0 Å². The van der Waals surface area contributed by atoms with Crippen LogP contribution in [0.25, 0.3) is 0 Å². The van der Waals surface area contributed by atoms with Crippen molar-refractivity contribution < 1.29 is 18.0 Å². The van der Waals surface area contributed by atoms with E-state index >= 15 is 0 Å². The second kappa shape index (κ2) is 6.09. The van der Waals surface area contributed by atoms with Gasteiger partial charge in [0.15, 0.2) is 0 Å². The number of aromatic nitrogens is 1. The fraction of sp³-hybridized carbons (Fsp3) is 0.667. The first kappa shape index (κ1) is 15.2. The van der Waals surface area contributed by atoms with Crippen molar-refractivity contribution in [3.05, 3.63) is 16.1 Å². The number of alkyl halides is 3. The van der Waals surface area contributed by atoms with Gasteiger partial charge in [0.2, 0.25) is 0 Å². The van der Waals surface area contributed by atoms with Crippen molar-refractivity contribution in [1.82, 2.24) is 14.8 Å². The average molecular weight is 307 g/mol. The van der Waals surface area contributed by atoms with Gasteiger partial charge in [-0.05, 0) is 13.3 Å². The lowest BCUT2D eigenvalue weighted by molar-refractivity contribution is -0.145. The normalized spacial score (nSPS) is 18.1. The van der Waals surface area contributed by atoms with E-state index in [1.165, 1.54) is 16.2 Å². The van der Waals surface area contributed by atoms with Crippen LogP contribution in [0.1, 0.15) is 21.9 Å². The molecule has 0 radical (unpaired) electrons. The van der Waals surface area contributed by atoms with Gasteiger partial charge in [0.1, 0.15) is 5.69 Å². The number of aryl methyl sites for hydroxylation is 1. The third-order valence-electron chi connectivity index (χ3n) is 3.12. The molecule has 8 heteroatoms. The van der Waals surface area contributed by atoms with Crippen LogP contribution in [0.5, 0.6) is 0 Å². The lowest BCUT2D eigenvalue weighted by atomic mass is 10.3. The second-order valence-corrected chi connectivity index (χ2v) is 5.85. The molecule has 2 rings (SSSR count). The van der Waals surface area contributed by atoms with Gasteiger partial charge in [0.05, 0.1) is 11.6 Å². The molecule has 1 aliphatic rings. The molecule has 112 valence electrons. The number of hydrogen-bond acceptors (Lipinski definition) is 4. The molecule has 1 aliphatic heterocycles. The van der Waals surface area contributed by atoms with E-state index in [0.717, 1.165) is 5.01 Å². The lowest BCUT2D eigenvalue weighted by Gasteiger charge is -2.22. The van der Waals surface area contributed by atoms with Gasteiger partial charge in [-0.1, -0.05) is 0 Å². The van der Waals surface area contributed by atoms with Crippen LogP contribution in [0, 0.1) is 6.92 Å². The highest BCUT2D eigenvalue weighted by atomic mass is 32.1. The first-order valence-corrected chi connectivity index (χ1v) is 7.23. The van der Waals surface area contributed by atoms with Crippen LogP contribution in [0.3, 0.4) is 0 Å². The summed E-state index contributed by atoms with van der Waals surface area (Å²) in [6, 6.07) is 0. The van der Waals surface area contributed by atoms with E-state index in [9.17, 15) is 18.0 Å². The predicted molar refractivity (Wildman–Crippen MR) is 69.9 cm³/mol. The summed E-state index contributed by atoms with van der Waals surface area (Å²) in [6.45, 7) is 2.29. The zero-order valence-electron chi connectivity index (χ0n) is 11.1. The molecule has 1 aromatic heterocycles. The zero-order chi connectivity index (χ0) is 14.8. The van der Waals surface area contributed by atoms with Gasteiger partial charge in [-0.2, -0.15) is 13.2 Å². The van der Waals surface area contributed by atoms with Gasteiger partial charge in [-0.25, -0.2) is 4.98 Å². The molecule has 1 aromatic rings. The Morgan fingerprint density at radius 3 is 2.70 bits per heavy atom. The van der Waals surface area contributed by atoms with Crippen molar-refractivity contribution in [2.24, 2.45) is 0 Å². The maximum absolute atomic E-state index is 12.4. The van der Waals surface area contributed by atoms with Crippen LogP contribution in [-0.4, -0.2) is 59.6 Å². The minimum absolute atomic E-state index is 0.191. The first-order chi connectivity index (χ1) is 9.35. The second-order valence-electron chi connectivity index (χ2n) is 4.79. The molecule has 0 aromatic carbocycles. The van der Waals surface area contributed by atoms with E-state index in [-0.39, 0.29) is 12.5 Å². The summed E-state index contributed by atoms with van der Waals surface area (Å²) in [7, 11) is 0. The molecule has 20 heavy (non-hydrogen) atoms. The lowest BCUT2D eigenvalue weighted by Crippen LogP contribution is -2.38. The maximum Gasteiger partial charge on any atom is 0.401 e. The molecule has 1 amide bonds. The van der Waals surface area contributed by atoms with Crippen LogP contribution in [-0.2, 0) is 0 Å². The summed E-state index contributed by atoms with van der Waals surface area (Å²) in [5, 5.41) is 2.50. The van der Waals surface area contributed by atoms with E-state index in [1.54, 1.807) is 10.3 Å². The van der Waals surface area contributed by atoms with Crippen LogP contribution in [0.15, 0.2) is 5.38 Å². The number of nitrogens with zero attached hydrogens (tertiary/aromatic N) is 3. The van der Waals surface area contributed by atoms with E-state index in [0.29, 0.717) is 31.7 Å². The smallest absolute Gasteiger partial charge is 0.336 e. The molecule has 0 saturated carbocycles. The maximum atomic E-state index is 12.4. The summed E-state index contributed by atoms with van der Waals surface area (Å²) in [5.41, 5.74) is 0.386. The summed E-state index contributed by atoms with van der Waals surface area (Å²) in [5.74, 6) is -0.191. The number of amides is 1. The van der Waals surface area contributed by atoms with Crippen LogP contribution < -0.4 is 0 Å². The minimum atomic E-state index is -4.19. The molecule has 0 spiro atoms. The third kappa shape index (κ3) is 4.17. The molecule has 0 unspecified atom stereocenters. The third-order valence-corrected chi connectivity index (χ3v) is 3.89. The Balaban J connectivity index is 1.94. The predicted octanol–water partition coefficient (Wildman–Crippen LogP) is 2.16. The number of halogens is 3. The molecule has 2 heterocycles. The Morgan fingerprint density at radius 2 is 2.10 bits per heavy atom. The molecular weight excluding hydrogens is 291 g/mol. The fourth-order valence-electron chi connectivity index (χ4n) is 2.21. The Morgan fingerprint density at radius 1 is 1.35 bits per heavy atom. The standard InChI is InChI=1S/C12H16F3N3OS/c1-9-16-10(7-20-9)11(19)18-4-2-3-17(5-6-18)8-12(13,14)15/h7H,2-6,8H2,1H3. The van der Waals surface area contributed by atoms with Crippen molar-refractivity contribution >= 4 is 17.2 Å². The summed E-state index contributed by atoms with van der Waals surface area (Å²) >= 11 is 1.39. The van der Waals surface area contributed by atoms with Crippen molar-refractivity contribution in [1.29, 1.82) is 0 Å². The van der Waals surface area contributed by atoms with Crippen LogP contribution >= 0.6 is 11.3 Å². The van der Waals surface area contributed by atoms with Gasteiger partial charge in [-0.15, -0.1) is 11.3 Å². The summed E-state index contributed by atoms with van der Waals surface area (Å²) in [4.78, 5) is 19.3. The van der Waals surface area contributed by atoms with E-state index in [1.807, 2.05) is 6.92 Å². The molecule has 0 atom stereocenters. The van der Waals surface area contributed by atoms with Crippen LogP contribution in [0.4, 0.5) is 13.2 Å². The summed E-state index contributed by atoms with van der Waals surface area (Å²) < 4.78 is 37.1. The zero-order valence-corrected chi connectivity index (χ0v) is 11.9. The molecule has 4 nitrogen and oxygen atoms in total. The molecule has 1 fully saturated rings. The molecule has 0 bridgehead atoms. The number of carbonyl (C=O) groups is 1. The Hall–Kier alpha value is -1.15. The highest BCUT2D eigenvalue weighted by Crippen LogP contribution is 2.18. The quantitative estimate of drug-likeness (QED) is 0.840. The fourth-order valence-corrected chi connectivity index (χ4v) is 2.80. The molecule has 0 aliphatic carbocycles. The number of thiazole rings is 1. The van der Waals surface area contributed by atoms with Crippen molar-refractivity contribution in [2.45, 2.75) is 19.5 Å². The molecule has 1 saturated heterocycles. The van der Waals surface area contributed by atoms with Crippen molar-refractivity contribution in [3.63, 3.8) is 0 Å². The van der Waals surface area contributed by atoms with Crippen LogP contribution in [0.2, 0.25) is 0 Å². The largest absolute Gasteiger partial charge is 0.401 e. The minimum Gasteiger partial charge on any atom is -0.336 e. The SMILES string of the molecule is Cc1nc(C(=O)N2CCCN(CC(F)(F)F)CC2)cs1. The highest BCUT2D eigenvalue weighted by molar-refractivity contribution is 7.09. The monoisotopic (exact) mass is 307 g/mol. The number of hydrogen-bond donors (Lipinski definition) is 0. The average Bonchev–Trinajstić information content (AvgIpc) is 2.64. The molecular formula is C12H16F3N3OS. The van der Waals surface area contributed by atoms with Gasteiger partial charge in [-0.3, -0.25) is 9.69 Å². The van der Waals surface area contributed by atoms with Gasteiger partial charge < -0.3 is 4.90 Å². The summed E-state index contributed by atoms with van der Waals surface area (Å²) in [6.07, 6.45) is -3.64. The highest BCUT2D eigenvalue weighted by Gasteiger charge is 2.32. The van der Waals surface area contributed by atoms with E-state index in [2.05, 4.69) is 4.98 Å². The number of carbonyl (C=O) groups excluding carboxylic acids is 1. The Bertz CT molecular complexity index is 475. The Kier molecular flexibility index (Phi) is 4.64. The topological polar surface area (TPSA) is 36.4 Å². The van der Waals surface area contributed by atoms with Gasteiger partial charge in [0.25, 0.3) is 5.91 Å². The molecule has 0 N–H and O–H groups in total. The number of rotatable bonds is 2. The first-order valence-electron chi connectivity index (χ1n) is 6.36. The van der Waals surface area contributed by atoms with Crippen molar-refractivity contribution in [2.75, 3.05) is 32.7 Å². The van der Waals surface area contributed by atoms with Gasteiger partial charge in [0, 0.05) is 31.6 Å². The Labute approximate surface area is 119 Å². The van der Waals surface area contributed by atoms with Gasteiger partial charge >= 0.3 is 6.18 Å². The van der Waals surface area contributed by atoms with E-state index < -0.39 is 12.7 Å².